The van der Waals surface area contributed by atoms with E-state index < -0.39 is 41.1 Å². The first-order valence-corrected chi connectivity index (χ1v) is 22.5. The number of anilines is 3. The molecule has 2 amide bonds. The number of aliphatic carboxylic acids is 1. The fourth-order valence-corrected chi connectivity index (χ4v) is 7.11. The van der Waals surface area contributed by atoms with Crippen LogP contribution >= 0.6 is 0 Å². The molecule has 9 N–H and O–H groups in total. The second-order valence-electron chi connectivity index (χ2n) is 16.4. The smallest absolute Gasteiger partial charge is 0.480 e. The van der Waals surface area contributed by atoms with Gasteiger partial charge in [-0.1, -0.05) is 31.5 Å². The fraction of sp³-hybridized carbons (Fsp3) is 0.435. The molecule has 1 unspecified atom stereocenters. The minimum atomic E-state index is -1.30. The number of amides is 2. The monoisotopic (exact) mass is 954 g/mol. The van der Waals surface area contributed by atoms with Crippen LogP contribution in [0.5, 0.6) is 0 Å². The van der Waals surface area contributed by atoms with Gasteiger partial charge in [-0.15, -0.1) is 0 Å². The summed E-state index contributed by atoms with van der Waals surface area (Å²) in [5.74, 6) is -1.17. The zero-order valence-corrected chi connectivity index (χ0v) is 38.7. The number of carbonyl (C=O) groups is 4. The van der Waals surface area contributed by atoms with Gasteiger partial charge in [0.05, 0.1) is 75.7 Å². The van der Waals surface area contributed by atoms with Crippen molar-refractivity contribution in [2.24, 2.45) is 0 Å². The summed E-state index contributed by atoms with van der Waals surface area (Å²) >= 11 is 0. The number of unbranched alkanes of at least 4 members (excludes halogenated alkanes) is 1. The Labute approximate surface area is 396 Å². The van der Waals surface area contributed by atoms with Crippen LogP contribution in [0, 0.1) is 0 Å². The van der Waals surface area contributed by atoms with E-state index in [1.165, 1.54) is 18.3 Å². The van der Waals surface area contributed by atoms with Gasteiger partial charge < -0.3 is 60.8 Å². The molecule has 368 valence electrons. The Bertz CT molecular complexity index is 2780. The highest BCUT2D eigenvalue weighted by atomic mass is 16.7. The van der Waals surface area contributed by atoms with Crippen molar-refractivity contribution in [3.63, 3.8) is 0 Å². The zero-order valence-electron chi connectivity index (χ0n) is 38.7. The molecular formula is C46H58N12O11. The highest BCUT2D eigenvalue weighted by Crippen LogP contribution is 2.31. The Hall–Kier alpha value is -7.50. The molecule has 1 atom stereocenters. The topological polar surface area (TPSA) is 325 Å². The number of carboxylic acid groups (broad SMARTS) is 1. The van der Waals surface area contributed by atoms with Crippen LogP contribution in [0.3, 0.4) is 0 Å². The van der Waals surface area contributed by atoms with Crippen LogP contribution in [0.2, 0.25) is 0 Å². The third-order valence-electron chi connectivity index (χ3n) is 10.5. The van der Waals surface area contributed by atoms with E-state index in [1.807, 2.05) is 38.1 Å². The second kappa shape index (κ2) is 24.5. The number of hydrogen-bond acceptors (Lipinski definition) is 18. The summed E-state index contributed by atoms with van der Waals surface area (Å²) in [4.78, 5) is 86.0. The summed E-state index contributed by atoms with van der Waals surface area (Å²) in [5.41, 5.74) is 14.1. The highest BCUT2D eigenvalue weighted by Gasteiger charge is 2.29. The maximum atomic E-state index is 12.8. The lowest BCUT2D eigenvalue weighted by Crippen LogP contribution is -2.41. The van der Waals surface area contributed by atoms with Crippen molar-refractivity contribution in [3.05, 3.63) is 82.2 Å². The van der Waals surface area contributed by atoms with Gasteiger partial charge in [0.2, 0.25) is 11.9 Å². The normalized spacial score (nSPS) is 12.0. The first-order chi connectivity index (χ1) is 33.2. The van der Waals surface area contributed by atoms with Crippen LogP contribution in [0.1, 0.15) is 68.3 Å². The molecule has 0 aliphatic rings. The van der Waals surface area contributed by atoms with Crippen LogP contribution in [0.15, 0.2) is 59.5 Å². The molecule has 0 bridgehead atoms. The van der Waals surface area contributed by atoms with Crippen molar-refractivity contribution in [2.75, 3.05) is 69.6 Å². The van der Waals surface area contributed by atoms with Gasteiger partial charge in [0.25, 0.3) is 11.5 Å². The maximum Gasteiger partial charge on any atom is 0.508 e. The van der Waals surface area contributed by atoms with Crippen LogP contribution < -0.4 is 33.0 Å². The number of hydrogen-bond donors (Lipinski definition) is 7. The van der Waals surface area contributed by atoms with E-state index in [4.69, 9.17) is 40.1 Å². The average molecular weight is 955 g/mol. The molecule has 4 heterocycles. The predicted molar refractivity (Wildman–Crippen MR) is 254 cm³/mol. The van der Waals surface area contributed by atoms with Crippen molar-refractivity contribution >= 4 is 74.5 Å². The Morgan fingerprint density at radius 1 is 0.884 bits per heavy atom. The second-order valence-corrected chi connectivity index (χ2v) is 16.4. The number of aromatic nitrogens is 7. The highest BCUT2D eigenvalue weighted by molar-refractivity contribution is 6.06. The van der Waals surface area contributed by atoms with Crippen molar-refractivity contribution in [2.45, 2.75) is 77.6 Å². The zero-order chi connectivity index (χ0) is 49.3. The van der Waals surface area contributed by atoms with Crippen molar-refractivity contribution in [3.8, 4) is 0 Å². The SMILES string of the molecule is CCCCc1nc2c(N)nc3ccccc3c2n1CC(C)(C)OC(=O)OCCOCCOCCOCCNC(=O)CCC(NC(=O)c1ccc(NCc2cnc3nc(N)[nH]c(=O)c3n2)cc1)C(=O)O. The number of H-pyrrole nitrogens is 1. The van der Waals surface area contributed by atoms with E-state index in [0.717, 1.165) is 41.5 Å². The number of pyridine rings is 1. The van der Waals surface area contributed by atoms with E-state index in [9.17, 15) is 29.1 Å². The molecule has 23 heteroatoms. The number of benzene rings is 2. The van der Waals surface area contributed by atoms with Crippen LogP contribution in [-0.2, 0) is 52.8 Å². The number of ether oxygens (including phenoxy) is 5. The van der Waals surface area contributed by atoms with Crippen molar-refractivity contribution in [1.82, 2.24) is 45.1 Å². The van der Waals surface area contributed by atoms with Gasteiger partial charge in [0.1, 0.15) is 29.6 Å². The molecule has 0 spiro atoms. The Morgan fingerprint density at radius 3 is 2.32 bits per heavy atom. The molecule has 0 aliphatic heterocycles. The Balaban J connectivity index is 0.787. The van der Waals surface area contributed by atoms with Gasteiger partial charge >= 0.3 is 12.1 Å². The summed E-state index contributed by atoms with van der Waals surface area (Å²) < 4.78 is 29.6. The minimum Gasteiger partial charge on any atom is -0.480 e. The van der Waals surface area contributed by atoms with E-state index in [1.54, 1.807) is 12.1 Å². The number of nitrogens with two attached hydrogens (primary N) is 2. The van der Waals surface area contributed by atoms with Gasteiger partial charge in [-0.2, -0.15) is 4.98 Å². The third-order valence-corrected chi connectivity index (χ3v) is 10.5. The molecule has 0 saturated carbocycles. The Morgan fingerprint density at radius 2 is 1.59 bits per heavy atom. The number of nitrogens with one attached hydrogen (secondary N) is 4. The van der Waals surface area contributed by atoms with E-state index in [2.05, 4.69) is 52.4 Å². The molecule has 6 rings (SSSR count). The van der Waals surface area contributed by atoms with Gasteiger partial charge in [-0.25, -0.2) is 29.5 Å². The standard InChI is InChI=1S/C46H58N12O11/c1-4-5-10-34-55-36-38(31-8-6-7-9-32(31)53-39(36)47)58(34)27-46(2,3)69-45(64)68-24-23-67-22-21-66-20-19-65-18-17-49-35(59)16-15-33(43(62)63)54-41(60)28-11-13-29(14-12-28)50-25-30-26-51-40-37(52-30)42(61)57-44(48)56-40/h6-9,11-14,26,33,50H,4-5,10,15-25,27H2,1-3H3,(H2,47,53)(H,49,59)(H,54,60)(H,62,63)(H3,48,51,56,57,61). The van der Waals surface area contributed by atoms with Gasteiger partial charge in [-0.3, -0.25) is 19.4 Å². The number of rotatable bonds is 27. The van der Waals surface area contributed by atoms with Gasteiger partial charge in [0, 0.05) is 36.0 Å². The average Bonchev–Trinajstić information content (AvgIpc) is 3.67. The van der Waals surface area contributed by atoms with E-state index >= 15 is 0 Å². The number of carbonyl (C=O) groups excluding carboxylic acids is 3. The number of nitrogen functional groups attached to an aromatic ring is 2. The number of nitrogens with zero attached hydrogens (tertiary/aromatic N) is 6. The molecule has 69 heavy (non-hydrogen) atoms. The number of fused-ring (bicyclic) bond motifs is 4. The van der Waals surface area contributed by atoms with Crippen molar-refractivity contribution in [1.29, 1.82) is 0 Å². The molecule has 0 aliphatic carbocycles. The molecule has 6 aromatic rings. The molecule has 0 fully saturated rings. The van der Waals surface area contributed by atoms with Crippen LogP contribution in [-0.4, -0.2) is 128 Å². The fourth-order valence-electron chi connectivity index (χ4n) is 7.11. The lowest BCUT2D eigenvalue weighted by Gasteiger charge is -2.26. The van der Waals surface area contributed by atoms with E-state index in [0.29, 0.717) is 29.3 Å². The Kier molecular flexibility index (Phi) is 18.1. The summed E-state index contributed by atoms with van der Waals surface area (Å²) in [6.45, 7) is 7.86. The summed E-state index contributed by atoms with van der Waals surface area (Å²) in [7, 11) is 0. The molecule has 4 aromatic heterocycles. The van der Waals surface area contributed by atoms with E-state index in [-0.39, 0.29) is 94.9 Å². The first kappa shape index (κ1) is 50.9. The van der Waals surface area contributed by atoms with Crippen molar-refractivity contribution < 1.29 is 48.0 Å². The number of aryl methyl sites for hydroxylation is 1. The summed E-state index contributed by atoms with van der Waals surface area (Å²) in [6.07, 6.45) is 3.02. The molecule has 23 nitrogen and oxygen atoms in total. The number of para-hydroxylation sites is 1. The summed E-state index contributed by atoms with van der Waals surface area (Å²) in [5, 5.41) is 18.8. The predicted octanol–water partition coefficient (Wildman–Crippen LogP) is 3.49. The number of carboxylic acids is 1. The van der Waals surface area contributed by atoms with Gasteiger partial charge in [-0.05, 0) is 57.0 Å². The molecular weight excluding hydrogens is 897 g/mol. The largest absolute Gasteiger partial charge is 0.508 e. The minimum absolute atomic E-state index is 0.0139. The van der Waals surface area contributed by atoms with Gasteiger partial charge in [0.15, 0.2) is 17.0 Å². The lowest BCUT2D eigenvalue weighted by molar-refractivity contribution is -0.139. The summed E-state index contributed by atoms with van der Waals surface area (Å²) in [6, 6.07) is 12.7. The molecule has 0 radical (unpaired) electrons. The first-order valence-electron chi connectivity index (χ1n) is 22.5. The third kappa shape index (κ3) is 14.7. The maximum absolute atomic E-state index is 12.8. The quantitative estimate of drug-likeness (QED) is 0.0287. The van der Waals surface area contributed by atoms with Crippen LogP contribution in [0.25, 0.3) is 33.1 Å². The molecule has 0 saturated heterocycles. The number of aromatic amines is 1. The lowest BCUT2D eigenvalue weighted by atomic mass is 10.1. The van der Waals surface area contributed by atoms with Crippen LogP contribution in [0.4, 0.5) is 22.2 Å². The molecule has 2 aromatic carbocycles. The number of imidazole rings is 1.